The van der Waals surface area contributed by atoms with Crippen LogP contribution in [0.4, 0.5) is 5.69 Å². The smallest absolute Gasteiger partial charge is 0.347 e. The molecule has 230 valence electrons. The van der Waals surface area contributed by atoms with Gasteiger partial charge in [-0.25, -0.2) is 23.5 Å². The van der Waals surface area contributed by atoms with Gasteiger partial charge in [-0.05, 0) is 42.7 Å². The van der Waals surface area contributed by atoms with E-state index in [4.69, 9.17) is 4.74 Å². The number of para-hydroxylation sites is 1. The molecule has 2 fully saturated rings. The first-order valence-corrected chi connectivity index (χ1v) is 15.0. The standard InChI is InChI=1S/C34H33N5O6/c1-21-12-14-23(15-13-21)35-38-30(41)26-20-27-24(16-17-37-32(43)36(2)33(44)39(27)37)29(25-10-6-7-11-28(25)45-19-18-40)34(26,31(38)42)22-8-4-3-5-9-22/h3-16,26-27,29,35,40H,17-20H2,1-2H3/t26-,27+,29+,34+/m0/s1. The first-order valence-electron chi connectivity index (χ1n) is 15.0. The van der Waals surface area contributed by atoms with Crippen molar-refractivity contribution in [2.24, 2.45) is 13.0 Å². The number of nitrogens with one attached hydrogen (secondary N) is 1. The summed E-state index contributed by atoms with van der Waals surface area (Å²) in [6, 6.07) is 23.3. The summed E-state index contributed by atoms with van der Waals surface area (Å²) in [4.78, 5) is 56.2. The summed E-state index contributed by atoms with van der Waals surface area (Å²) in [7, 11) is 1.44. The van der Waals surface area contributed by atoms with Crippen LogP contribution in [0.3, 0.4) is 0 Å². The Morgan fingerprint density at radius 2 is 1.64 bits per heavy atom. The monoisotopic (exact) mass is 607 g/mol. The molecule has 1 saturated heterocycles. The maximum atomic E-state index is 15.1. The highest BCUT2D eigenvalue weighted by Gasteiger charge is 2.69. The molecule has 0 unspecified atom stereocenters. The molecule has 2 N–H and O–H groups in total. The third kappa shape index (κ3) is 4.14. The lowest BCUT2D eigenvalue weighted by Gasteiger charge is -2.49. The van der Waals surface area contributed by atoms with Crippen LogP contribution in [-0.4, -0.2) is 49.1 Å². The van der Waals surface area contributed by atoms with Crippen LogP contribution >= 0.6 is 0 Å². The second-order valence-electron chi connectivity index (χ2n) is 11.8. The summed E-state index contributed by atoms with van der Waals surface area (Å²) in [5, 5.41) is 10.7. The van der Waals surface area contributed by atoms with Crippen molar-refractivity contribution in [2.75, 3.05) is 18.6 Å². The number of aliphatic hydroxyl groups excluding tert-OH is 1. The SMILES string of the molecule is Cc1ccc(NN2C(=O)[C@@H]3C[C@@H]4C(=CCn5c(=O)n(C)c(=O)n54)[C@H](c4ccccc4OCCO)[C@]3(c3ccccc3)C2=O)cc1. The molecule has 3 aliphatic rings. The third-order valence-electron chi connectivity index (χ3n) is 9.43. The number of hydrogen-bond acceptors (Lipinski definition) is 7. The summed E-state index contributed by atoms with van der Waals surface area (Å²) in [6.07, 6.45) is 2.03. The van der Waals surface area contributed by atoms with Gasteiger partial charge in [-0.1, -0.05) is 72.3 Å². The number of anilines is 1. The largest absolute Gasteiger partial charge is 0.491 e. The maximum Gasteiger partial charge on any atom is 0.347 e. The number of carbonyl (C=O) groups is 2. The molecule has 2 amide bonds. The Labute approximate surface area is 258 Å². The predicted molar refractivity (Wildman–Crippen MR) is 166 cm³/mol. The lowest BCUT2D eigenvalue weighted by Crippen LogP contribution is -2.53. The predicted octanol–water partition coefficient (Wildman–Crippen LogP) is 2.65. The molecule has 7 rings (SSSR count). The van der Waals surface area contributed by atoms with E-state index in [-0.39, 0.29) is 26.2 Å². The van der Waals surface area contributed by atoms with E-state index >= 15 is 4.79 Å². The number of amides is 2. The highest BCUT2D eigenvalue weighted by Crippen LogP contribution is 2.62. The number of allylic oxidation sites excluding steroid dienone is 2. The van der Waals surface area contributed by atoms with Crippen LogP contribution in [0.1, 0.15) is 35.1 Å². The average molecular weight is 608 g/mol. The Morgan fingerprint density at radius 1 is 0.933 bits per heavy atom. The Morgan fingerprint density at radius 3 is 2.38 bits per heavy atom. The van der Waals surface area contributed by atoms with E-state index in [1.54, 1.807) is 6.07 Å². The van der Waals surface area contributed by atoms with Crippen molar-refractivity contribution in [3.8, 4) is 5.75 Å². The number of rotatable bonds is 7. The van der Waals surface area contributed by atoms with Crippen LogP contribution < -0.4 is 21.5 Å². The molecule has 2 aliphatic heterocycles. The van der Waals surface area contributed by atoms with Crippen LogP contribution in [0.2, 0.25) is 0 Å². The molecule has 1 aromatic heterocycles. The van der Waals surface area contributed by atoms with Crippen molar-refractivity contribution in [3.05, 3.63) is 128 Å². The van der Waals surface area contributed by atoms with Crippen molar-refractivity contribution >= 4 is 17.5 Å². The minimum Gasteiger partial charge on any atom is -0.491 e. The zero-order valence-electron chi connectivity index (χ0n) is 24.9. The summed E-state index contributed by atoms with van der Waals surface area (Å²) in [6.45, 7) is 1.89. The number of hydrazine groups is 1. The Kier molecular flexibility index (Phi) is 6.85. The first-order chi connectivity index (χ1) is 21.8. The van der Waals surface area contributed by atoms with Crippen LogP contribution in [0.15, 0.2) is 100 Å². The van der Waals surface area contributed by atoms with E-state index in [0.29, 0.717) is 22.6 Å². The molecule has 1 saturated carbocycles. The van der Waals surface area contributed by atoms with Crippen LogP contribution in [0, 0.1) is 12.8 Å². The van der Waals surface area contributed by atoms with E-state index in [1.807, 2.05) is 85.8 Å². The molecule has 3 aromatic carbocycles. The lowest BCUT2D eigenvalue weighted by atomic mass is 9.53. The van der Waals surface area contributed by atoms with Crippen LogP contribution in [0.5, 0.6) is 5.75 Å². The second kappa shape index (κ2) is 10.8. The first kappa shape index (κ1) is 28.6. The summed E-state index contributed by atoms with van der Waals surface area (Å²) in [5.74, 6) is -2.05. The molecular weight excluding hydrogens is 574 g/mol. The number of carbonyl (C=O) groups excluding carboxylic acids is 2. The van der Waals surface area contributed by atoms with Gasteiger partial charge in [0.1, 0.15) is 12.4 Å². The average Bonchev–Trinajstić information content (AvgIpc) is 3.42. The van der Waals surface area contributed by atoms with E-state index in [9.17, 15) is 19.5 Å². The van der Waals surface area contributed by atoms with E-state index < -0.39 is 46.5 Å². The number of benzene rings is 3. The number of aryl methyl sites for hydroxylation is 1. The topological polar surface area (TPSA) is 128 Å². The quantitative estimate of drug-likeness (QED) is 0.244. The molecule has 11 nitrogen and oxygen atoms in total. The zero-order chi connectivity index (χ0) is 31.5. The van der Waals surface area contributed by atoms with Crippen molar-refractivity contribution < 1.29 is 19.4 Å². The van der Waals surface area contributed by atoms with Crippen LogP contribution in [0.25, 0.3) is 0 Å². The summed E-state index contributed by atoms with van der Waals surface area (Å²) in [5.41, 5.74) is 4.40. The number of hydrogen-bond donors (Lipinski definition) is 2. The number of aromatic nitrogens is 3. The van der Waals surface area contributed by atoms with Gasteiger partial charge in [-0.2, -0.15) is 5.01 Å². The number of aliphatic hydroxyl groups is 1. The molecule has 11 heteroatoms. The molecule has 0 radical (unpaired) electrons. The zero-order valence-corrected chi connectivity index (χ0v) is 24.9. The maximum absolute atomic E-state index is 15.1. The van der Waals surface area contributed by atoms with E-state index in [2.05, 4.69) is 5.43 Å². The minimum absolute atomic E-state index is 0.0274. The van der Waals surface area contributed by atoms with Crippen molar-refractivity contribution in [1.82, 2.24) is 18.9 Å². The molecule has 0 bridgehead atoms. The van der Waals surface area contributed by atoms with Gasteiger partial charge < -0.3 is 9.84 Å². The summed E-state index contributed by atoms with van der Waals surface area (Å²) >= 11 is 0. The number of ether oxygens (including phenoxy) is 1. The molecule has 0 spiro atoms. The molecular formula is C34H33N5O6. The molecule has 45 heavy (non-hydrogen) atoms. The van der Waals surface area contributed by atoms with Crippen molar-refractivity contribution in [3.63, 3.8) is 0 Å². The van der Waals surface area contributed by atoms with Gasteiger partial charge in [-0.3, -0.25) is 15.0 Å². The number of fused-ring (bicyclic) bond motifs is 4. The fourth-order valence-electron chi connectivity index (χ4n) is 7.47. The Balaban J connectivity index is 1.50. The molecule has 1 aliphatic carbocycles. The number of imide groups is 1. The van der Waals surface area contributed by atoms with Gasteiger partial charge in [0.25, 0.3) is 11.8 Å². The van der Waals surface area contributed by atoms with Gasteiger partial charge in [-0.15, -0.1) is 0 Å². The lowest BCUT2D eigenvalue weighted by molar-refractivity contribution is -0.138. The van der Waals surface area contributed by atoms with E-state index in [0.717, 1.165) is 20.7 Å². The van der Waals surface area contributed by atoms with Gasteiger partial charge in [0.15, 0.2) is 0 Å². The fourth-order valence-corrected chi connectivity index (χ4v) is 7.47. The minimum atomic E-state index is -1.42. The fraction of sp³-hybridized carbons (Fsp3) is 0.294. The molecule has 3 heterocycles. The number of nitrogens with zero attached hydrogens (tertiary/aromatic N) is 4. The van der Waals surface area contributed by atoms with Gasteiger partial charge in [0, 0.05) is 18.5 Å². The van der Waals surface area contributed by atoms with Crippen LogP contribution in [-0.2, 0) is 28.6 Å². The van der Waals surface area contributed by atoms with Gasteiger partial charge in [0.05, 0.1) is 36.2 Å². The normalized spacial score (nSPS) is 23.7. The molecule has 4 atom stereocenters. The van der Waals surface area contributed by atoms with E-state index in [1.165, 1.54) is 16.4 Å². The van der Waals surface area contributed by atoms with Crippen molar-refractivity contribution in [1.29, 1.82) is 0 Å². The summed E-state index contributed by atoms with van der Waals surface area (Å²) < 4.78 is 9.92. The van der Waals surface area contributed by atoms with Gasteiger partial charge in [0.2, 0.25) is 0 Å². The Hall–Kier alpha value is -5.16. The molecule has 4 aromatic rings. The Bertz CT molecular complexity index is 1960. The second-order valence-corrected chi connectivity index (χ2v) is 11.8. The third-order valence-corrected chi connectivity index (χ3v) is 9.43. The highest BCUT2D eigenvalue weighted by atomic mass is 16.5. The van der Waals surface area contributed by atoms with Gasteiger partial charge >= 0.3 is 11.4 Å². The van der Waals surface area contributed by atoms with Crippen molar-refractivity contribution in [2.45, 2.75) is 37.3 Å². The highest BCUT2D eigenvalue weighted by molar-refractivity contribution is 6.12.